The molecule has 0 radical (unpaired) electrons. The van der Waals surface area contributed by atoms with Crippen LogP contribution in [0.15, 0.2) is 30.4 Å². The smallest absolute Gasteiger partial charge is 0.251 e. The minimum Gasteiger partial charge on any atom is -0.493 e. The van der Waals surface area contributed by atoms with E-state index in [-0.39, 0.29) is 12.0 Å². The lowest BCUT2D eigenvalue weighted by Gasteiger charge is -2.34. The quantitative estimate of drug-likeness (QED) is 0.648. The second-order valence-electron chi connectivity index (χ2n) is 9.40. The van der Waals surface area contributed by atoms with E-state index in [2.05, 4.69) is 36.2 Å². The number of piperidine rings is 1. The van der Waals surface area contributed by atoms with Crippen LogP contribution in [0, 0.1) is 17.8 Å². The number of benzene rings is 1. The number of amides is 1. The maximum absolute atomic E-state index is 12.7. The van der Waals surface area contributed by atoms with Crippen LogP contribution >= 0.6 is 0 Å². The van der Waals surface area contributed by atoms with Crippen molar-refractivity contribution in [3.05, 3.63) is 35.9 Å². The molecule has 0 aromatic heterocycles. The van der Waals surface area contributed by atoms with Gasteiger partial charge in [-0.25, -0.2) is 0 Å². The fourth-order valence-corrected chi connectivity index (χ4v) is 5.30. The number of carbonyl (C=O) groups is 1. The van der Waals surface area contributed by atoms with Crippen molar-refractivity contribution in [2.24, 2.45) is 17.8 Å². The van der Waals surface area contributed by atoms with E-state index in [1.807, 2.05) is 18.2 Å². The summed E-state index contributed by atoms with van der Waals surface area (Å²) < 4.78 is 11.8. The van der Waals surface area contributed by atoms with E-state index in [1.165, 1.54) is 12.8 Å². The Kier molecular flexibility index (Phi) is 6.67. The Morgan fingerprint density at radius 2 is 1.97 bits per heavy atom. The first kappa shape index (κ1) is 21.2. The van der Waals surface area contributed by atoms with Crippen LogP contribution in [0.2, 0.25) is 0 Å². The van der Waals surface area contributed by atoms with Gasteiger partial charge >= 0.3 is 0 Å². The Hall–Kier alpha value is -2.01. The van der Waals surface area contributed by atoms with Crippen molar-refractivity contribution in [1.29, 1.82) is 0 Å². The summed E-state index contributed by atoms with van der Waals surface area (Å²) >= 11 is 0. The molecule has 3 aliphatic rings. The van der Waals surface area contributed by atoms with Crippen LogP contribution in [0.25, 0.3) is 0 Å². The minimum atomic E-state index is -0.0316. The highest BCUT2D eigenvalue weighted by atomic mass is 16.5. The lowest BCUT2D eigenvalue weighted by Crippen LogP contribution is -2.41. The number of nitrogens with zero attached hydrogens (tertiary/aromatic N) is 1. The van der Waals surface area contributed by atoms with Gasteiger partial charge in [-0.2, -0.15) is 0 Å². The van der Waals surface area contributed by atoms with Crippen LogP contribution in [0.3, 0.4) is 0 Å². The Labute approximate surface area is 180 Å². The van der Waals surface area contributed by atoms with Crippen molar-refractivity contribution in [2.45, 2.75) is 58.1 Å². The zero-order valence-electron chi connectivity index (χ0n) is 18.6. The van der Waals surface area contributed by atoms with E-state index in [0.29, 0.717) is 23.1 Å². The van der Waals surface area contributed by atoms with Crippen molar-refractivity contribution in [3.8, 4) is 11.5 Å². The van der Waals surface area contributed by atoms with Crippen molar-refractivity contribution in [1.82, 2.24) is 10.2 Å². The molecule has 5 nitrogen and oxygen atoms in total. The molecule has 1 saturated carbocycles. The predicted octanol–water partition coefficient (Wildman–Crippen LogP) is 4.28. The Balaban J connectivity index is 1.31. The van der Waals surface area contributed by atoms with Crippen molar-refractivity contribution >= 4 is 5.91 Å². The molecule has 1 heterocycles. The number of methoxy groups -OCH3 is 1. The van der Waals surface area contributed by atoms with Gasteiger partial charge in [0.2, 0.25) is 0 Å². The molecular formula is C25H36N2O3. The molecule has 4 rings (SSSR count). The molecule has 1 amide bonds. The van der Waals surface area contributed by atoms with Crippen LogP contribution in [-0.2, 0) is 0 Å². The minimum absolute atomic E-state index is 0.0316. The van der Waals surface area contributed by atoms with Gasteiger partial charge in [-0.3, -0.25) is 4.79 Å². The van der Waals surface area contributed by atoms with Crippen LogP contribution in [0.5, 0.6) is 11.5 Å². The maximum atomic E-state index is 12.7. The summed E-state index contributed by atoms with van der Waals surface area (Å²) in [5.41, 5.74) is 0.637. The first-order valence-electron chi connectivity index (χ1n) is 11.6. The van der Waals surface area contributed by atoms with Gasteiger partial charge in [-0.1, -0.05) is 12.2 Å². The molecule has 1 aliphatic heterocycles. The molecule has 5 heteroatoms. The summed E-state index contributed by atoms with van der Waals surface area (Å²) in [4.78, 5) is 15.2. The number of hydrogen-bond donors (Lipinski definition) is 1. The lowest BCUT2D eigenvalue weighted by molar-refractivity contribution is 0.0819. The first-order chi connectivity index (χ1) is 14.5. The Morgan fingerprint density at radius 1 is 1.17 bits per heavy atom. The highest BCUT2D eigenvalue weighted by Crippen LogP contribution is 2.44. The van der Waals surface area contributed by atoms with Gasteiger partial charge in [-0.05, 0) is 81.9 Å². The Morgan fingerprint density at radius 3 is 2.60 bits per heavy atom. The van der Waals surface area contributed by atoms with Gasteiger partial charge < -0.3 is 19.7 Å². The van der Waals surface area contributed by atoms with E-state index in [4.69, 9.17) is 9.47 Å². The number of rotatable bonds is 8. The molecule has 30 heavy (non-hydrogen) atoms. The van der Waals surface area contributed by atoms with Crippen LogP contribution in [-0.4, -0.2) is 49.7 Å². The van der Waals surface area contributed by atoms with Gasteiger partial charge in [0.05, 0.1) is 7.11 Å². The van der Waals surface area contributed by atoms with Gasteiger partial charge in [0.25, 0.3) is 5.91 Å². The second kappa shape index (κ2) is 9.42. The van der Waals surface area contributed by atoms with E-state index in [9.17, 15) is 4.79 Å². The summed E-state index contributed by atoms with van der Waals surface area (Å²) in [6.07, 6.45) is 10.6. The first-order valence-corrected chi connectivity index (χ1v) is 11.6. The molecule has 2 bridgehead atoms. The van der Waals surface area contributed by atoms with E-state index >= 15 is 0 Å². The monoisotopic (exact) mass is 412 g/mol. The summed E-state index contributed by atoms with van der Waals surface area (Å²) in [7, 11) is 1.65. The molecule has 1 aromatic carbocycles. The third-order valence-corrected chi connectivity index (χ3v) is 7.14. The van der Waals surface area contributed by atoms with E-state index in [0.717, 1.165) is 56.7 Å². The Bertz CT molecular complexity index is 768. The molecule has 0 unspecified atom stereocenters. The zero-order valence-corrected chi connectivity index (χ0v) is 18.6. The SMILES string of the molecule is COc1ccc(C(=O)NCC[C@@H]2C[C@@H]3C=C[C@H]2C3)cc1OC1CCN(C(C)C)CC1. The summed E-state index contributed by atoms with van der Waals surface area (Å²) in [6.45, 7) is 7.29. The molecule has 164 valence electrons. The number of nitrogens with one attached hydrogen (secondary N) is 1. The van der Waals surface area contributed by atoms with E-state index in [1.54, 1.807) is 7.11 Å². The molecule has 2 fully saturated rings. The zero-order chi connectivity index (χ0) is 21.1. The molecule has 1 saturated heterocycles. The highest BCUT2D eigenvalue weighted by molar-refractivity contribution is 5.94. The number of fused-ring (bicyclic) bond motifs is 2. The molecule has 0 spiro atoms. The van der Waals surface area contributed by atoms with Gasteiger partial charge in [0.1, 0.15) is 6.10 Å². The normalized spacial score (nSPS) is 26.3. The van der Waals surface area contributed by atoms with Gasteiger partial charge in [0, 0.05) is 31.2 Å². The van der Waals surface area contributed by atoms with E-state index < -0.39 is 0 Å². The highest BCUT2D eigenvalue weighted by Gasteiger charge is 2.35. The summed E-state index contributed by atoms with van der Waals surface area (Å²) in [5.74, 6) is 3.57. The average molecular weight is 413 g/mol. The average Bonchev–Trinajstić information content (AvgIpc) is 3.37. The number of hydrogen-bond acceptors (Lipinski definition) is 4. The number of carbonyl (C=O) groups excluding carboxylic acids is 1. The third-order valence-electron chi connectivity index (χ3n) is 7.14. The fourth-order valence-electron chi connectivity index (χ4n) is 5.30. The lowest BCUT2D eigenvalue weighted by atomic mass is 9.90. The molecular weight excluding hydrogens is 376 g/mol. The van der Waals surface area contributed by atoms with Crippen molar-refractivity contribution < 1.29 is 14.3 Å². The fraction of sp³-hybridized carbons (Fsp3) is 0.640. The molecule has 1 aromatic rings. The maximum Gasteiger partial charge on any atom is 0.251 e. The third kappa shape index (κ3) is 4.83. The summed E-state index contributed by atoms with van der Waals surface area (Å²) in [5, 5.41) is 3.11. The molecule has 1 N–H and O–H groups in total. The standard InChI is InChI=1S/C25H36N2O3/c1-17(2)27-12-9-22(10-13-27)30-24-16-21(6-7-23(24)29-3)25(28)26-11-8-20-15-18-4-5-19(20)14-18/h4-7,16-20,22H,8-15H2,1-3H3,(H,26,28)/t18-,19+,20-/m1/s1. The number of ether oxygens (including phenoxy) is 2. The topological polar surface area (TPSA) is 50.8 Å². The second-order valence-corrected chi connectivity index (χ2v) is 9.40. The van der Waals surface area contributed by atoms with Crippen molar-refractivity contribution in [2.75, 3.05) is 26.7 Å². The summed E-state index contributed by atoms with van der Waals surface area (Å²) in [6, 6.07) is 6.07. The van der Waals surface area contributed by atoms with Crippen LogP contribution < -0.4 is 14.8 Å². The molecule has 3 atom stereocenters. The van der Waals surface area contributed by atoms with Gasteiger partial charge in [0.15, 0.2) is 11.5 Å². The number of allylic oxidation sites excluding steroid dienone is 2. The van der Waals surface area contributed by atoms with Crippen LogP contribution in [0.1, 0.15) is 56.3 Å². The number of likely N-dealkylation sites (tertiary alicyclic amines) is 1. The molecule has 2 aliphatic carbocycles. The largest absolute Gasteiger partial charge is 0.493 e. The predicted molar refractivity (Wildman–Crippen MR) is 119 cm³/mol. The van der Waals surface area contributed by atoms with Crippen LogP contribution in [0.4, 0.5) is 0 Å². The van der Waals surface area contributed by atoms with Crippen molar-refractivity contribution in [3.63, 3.8) is 0 Å². The van der Waals surface area contributed by atoms with Gasteiger partial charge in [-0.15, -0.1) is 0 Å².